The molecule has 0 bridgehead atoms. The second-order valence-electron chi connectivity index (χ2n) is 3.77. The Morgan fingerprint density at radius 2 is 2.00 bits per heavy atom. The van der Waals surface area contributed by atoms with E-state index in [1.807, 2.05) is 24.3 Å². The molecule has 1 heterocycles. The largest absolute Gasteiger partial charge is 0.399 e. The number of nitrogens with two attached hydrogens (primary N) is 1. The quantitative estimate of drug-likeness (QED) is 0.830. The van der Waals surface area contributed by atoms with Crippen LogP contribution in [0.25, 0.3) is 0 Å². The average Bonchev–Trinajstić information content (AvgIpc) is 2.31. The van der Waals surface area contributed by atoms with Gasteiger partial charge in [-0.05, 0) is 23.8 Å². The molecule has 90 valence electrons. The minimum atomic E-state index is 0.346. The van der Waals surface area contributed by atoms with Gasteiger partial charge < -0.3 is 11.1 Å². The van der Waals surface area contributed by atoms with E-state index in [-0.39, 0.29) is 0 Å². The van der Waals surface area contributed by atoms with E-state index in [0.717, 1.165) is 11.3 Å². The highest BCUT2D eigenvalue weighted by molar-refractivity contribution is 6.29. The number of hydrogen-bond donors (Lipinski definition) is 2. The van der Waals surface area contributed by atoms with E-state index in [0.29, 0.717) is 23.1 Å². The lowest BCUT2D eigenvalue weighted by Gasteiger charge is -2.07. The van der Waals surface area contributed by atoms with Crippen molar-refractivity contribution in [1.82, 2.24) is 4.98 Å². The molecule has 0 atom stereocenters. The highest BCUT2D eigenvalue weighted by Gasteiger charge is 2.00. The first-order valence-corrected chi connectivity index (χ1v) is 5.71. The predicted octanol–water partition coefficient (Wildman–Crippen LogP) is 3.13. The maximum Gasteiger partial charge on any atom is 0.134 e. The molecule has 0 aliphatic carbocycles. The summed E-state index contributed by atoms with van der Waals surface area (Å²) >= 11 is 5.82. The molecule has 0 unspecified atom stereocenters. The third-order valence-electron chi connectivity index (χ3n) is 2.33. The van der Waals surface area contributed by atoms with Gasteiger partial charge in [-0.25, -0.2) is 4.98 Å². The topological polar surface area (TPSA) is 74.7 Å². The zero-order valence-corrected chi connectivity index (χ0v) is 10.3. The Morgan fingerprint density at radius 3 is 2.61 bits per heavy atom. The summed E-state index contributed by atoms with van der Waals surface area (Å²) in [6.07, 6.45) is 0.405. The number of nitrogens with zero attached hydrogens (tertiary/aromatic N) is 2. The third-order valence-corrected chi connectivity index (χ3v) is 2.52. The van der Waals surface area contributed by atoms with E-state index in [2.05, 4.69) is 16.4 Å². The van der Waals surface area contributed by atoms with Crippen LogP contribution in [0.1, 0.15) is 5.56 Å². The number of aromatic nitrogens is 1. The van der Waals surface area contributed by atoms with Crippen LogP contribution >= 0.6 is 11.6 Å². The smallest absolute Gasteiger partial charge is 0.134 e. The van der Waals surface area contributed by atoms with Crippen LogP contribution in [-0.4, -0.2) is 4.98 Å². The van der Waals surface area contributed by atoms with Gasteiger partial charge in [-0.3, -0.25) is 0 Å². The van der Waals surface area contributed by atoms with Crippen molar-refractivity contribution in [2.45, 2.75) is 6.42 Å². The van der Waals surface area contributed by atoms with Gasteiger partial charge in [0.25, 0.3) is 0 Å². The molecule has 3 N–H and O–H groups in total. The van der Waals surface area contributed by atoms with E-state index in [4.69, 9.17) is 22.6 Å². The maximum absolute atomic E-state index is 8.58. The van der Waals surface area contributed by atoms with Gasteiger partial charge in [-0.15, -0.1) is 0 Å². The van der Waals surface area contributed by atoms with Crippen LogP contribution in [0.4, 0.5) is 17.2 Å². The van der Waals surface area contributed by atoms with Gasteiger partial charge in [0.05, 0.1) is 12.5 Å². The number of hydrogen-bond acceptors (Lipinski definition) is 4. The zero-order chi connectivity index (χ0) is 13.0. The number of benzene rings is 1. The van der Waals surface area contributed by atoms with Gasteiger partial charge in [0.15, 0.2) is 0 Å². The Kier molecular flexibility index (Phi) is 3.66. The standard InChI is InChI=1S/C13H11ClN4/c14-12-7-10(16)8-13(18-12)17-11-3-1-9(2-4-11)5-6-15/h1-4,7-8H,5H2,(H3,16,17,18). The molecule has 0 aliphatic rings. The number of nitrogen functional groups attached to an aromatic ring is 1. The molecule has 0 saturated heterocycles. The van der Waals surface area contributed by atoms with Crippen molar-refractivity contribution in [2.75, 3.05) is 11.1 Å². The summed E-state index contributed by atoms with van der Waals surface area (Å²) in [7, 11) is 0. The fourth-order valence-electron chi connectivity index (χ4n) is 1.53. The van der Waals surface area contributed by atoms with Crippen molar-refractivity contribution in [3.63, 3.8) is 0 Å². The Balaban J connectivity index is 2.16. The normalized spacial score (nSPS) is 9.78. The van der Waals surface area contributed by atoms with Gasteiger partial charge in [0.2, 0.25) is 0 Å². The number of nitrogens with one attached hydrogen (secondary N) is 1. The third kappa shape index (κ3) is 3.12. The Labute approximate surface area is 110 Å². The highest BCUT2D eigenvalue weighted by Crippen LogP contribution is 2.20. The number of pyridine rings is 1. The SMILES string of the molecule is N#CCc1ccc(Nc2cc(N)cc(Cl)n2)cc1. The fourth-order valence-corrected chi connectivity index (χ4v) is 1.74. The number of nitriles is 1. The van der Waals surface area contributed by atoms with Crippen molar-refractivity contribution in [3.8, 4) is 6.07 Å². The van der Waals surface area contributed by atoms with E-state index in [1.54, 1.807) is 12.1 Å². The molecule has 0 saturated carbocycles. The van der Waals surface area contributed by atoms with Crippen LogP contribution in [0.5, 0.6) is 0 Å². The second-order valence-corrected chi connectivity index (χ2v) is 4.15. The van der Waals surface area contributed by atoms with Gasteiger partial charge >= 0.3 is 0 Å². The molecule has 1 aromatic carbocycles. The van der Waals surface area contributed by atoms with Gasteiger partial charge in [0.1, 0.15) is 11.0 Å². The molecule has 0 spiro atoms. The summed E-state index contributed by atoms with van der Waals surface area (Å²) < 4.78 is 0. The second kappa shape index (κ2) is 5.39. The minimum Gasteiger partial charge on any atom is -0.399 e. The van der Waals surface area contributed by atoms with Crippen LogP contribution in [0.3, 0.4) is 0 Å². The molecule has 4 nitrogen and oxygen atoms in total. The highest BCUT2D eigenvalue weighted by atomic mass is 35.5. The molecular formula is C13H11ClN4. The molecule has 0 fully saturated rings. The monoisotopic (exact) mass is 258 g/mol. The number of rotatable bonds is 3. The summed E-state index contributed by atoms with van der Waals surface area (Å²) in [6, 6.07) is 12.9. The maximum atomic E-state index is 8.58. The van der Waals surface area contributed by atoms with Gasteiger partial charge in [0, 0.05) is 17.4 Å². The Bertz CT molecular complexity index is 567. The van der Waals surface area contributed by atoms with Crippen molar-refractivity contribution >= 4 is 28.8 Å². The fraction of sp³-hybridized carbons (Fsp3) is 0.0769. The summed E-state index contributed by atoms with van der Waals surface area (Å²) in [5, 5.41) is 12.0. The lowest BCUT2D eigenvalue weighted by atomic mass is 10.1. The number of anilines is 3. The van der Waals surface area contributed by atoms with E-state index >= 15 is 0 Å². The molecule has 5 heteroatoms. The summed E-state index contributed by atoms with van der Waals surface area (Å²) in [5.74, 6) is 0.591. The van der Waals surface area contributed by atoms with Crippen molar-refractivity contribution in [2.24, 2.45) is 0 Å². The molecule has 2 rings (SSSR count). The molecule has 0 amide bonds. The summed E-state index contributed by atoms with van der Waals surface area (Å²) in [5.41, 5.74) is 8.07. The average molecular weight is 259 g/mol. The van der Waals surface area contributed by atoms with Crippen LogP contribution in [0.2, 0.25) is 5.15 Å². The van der Waals surface area contributed by atoms with Gasteiger partial charge in [-0.1, -0.05) is 23.7 Å². The Hall–Kier alpha value is -2.25. The first-order chi connectivity index (χ1) is 8.67. The summed E-state index contributed by atoms with van der Waals surface area (Å²) in [4.78, 5) is 4.11. The molecule has 0 radical (unpaired) electrons. The molecular weight excluding hydrogens is 248 g/mol. The van der Waals surface area contributed by atoms with Crippen molar-refractivity contribution in [1.29, 1.82) is 5.26 Å². The molecule has 0 aliphatic heterocycles. The first-order valence-electron chi connectivity index (χ1n) is 5.33. The Morgan fingerprint density at radius 1 is 1.28 bits per heavy atom. The van der Waals surface area contributed by atoms with Crippen molar-refractivity contribution < 1.29 is 0 Å². The first kappa shape index (κ1) is 12.2. The van der Waals surface area contributed by atoms with Crippen LogP contribution < -0.4 is 11.1 Å². The van der Waals surface area contributed by atoms with E-state index in [9.17, 15) is 0 Å². The summed E-state index contributed by atoms with van der Waals surface area (Å²) in [6.45, 7) is 0. The van der Waals surface area contributed by atoms with Crippen molar-refractivity contribution in [3.05, 3.63) is 47.1 Å². The van der Waals surface area contributed by atoms with Gasteiger partial charge in [-0.2, -0.15) is 5.26 Å². The molecule has 18 heavy (non-hydrogen) atoms. The lowest BCUT2D eigenvalue weighted by Crippen LogP contribution is -1.96. The van der Waals surface area contributed by atoms with Crippen LogP contribution in [0, 0.1) is 11.3 Å². The molecule has 2 aromatic rings. The van der Waals surface area contributed by atoms with E-state index < -0.39 is 0 Å². The molecule has 1 aromatic heterocycles. The number of halogens is 1. The lowest BCUT2D eigenvalue weighted by molar-refractivity contribution is 1.26. The van der Waals surface area contributed by atoms with E-state index in [1.165, 1.54) is 0 Å². The predicted molar refractivity (Wildman–Crippen MR) is 72.7 cm³/mol. The van der Waals surface area contributed by atoms with Crippen LogP contribution in [0.15, 0.2) is 36.4 Å². The van der Waals surface area contributed by atoms with Crippen LogP contribution in [-0.2, 0) is 6.42 Å². The minimum absolute atomic E-state index is 0.346. The zero-order valence-electron chi connectivity index (χ0n) is 9.52.